The van der Waals surface area contributed by atoms with Crippen LogP contribution in [0.15, 0.2) is 42.5 Å². The van der Waals surface area contributed by atoms with E-state index in [1.54, 1.807) is 12.1 Å². The summed E-state index contributed by atoms with van der Waals surface area (Å²) in [6.07, 6.45) is 2.72. The number of benzene rings is 2. The molecule has 0 saturated heterocycles. The fourth-order valence-corrected chi connectivity index (χ4v) is 3.16. The SMILES string of the molecule is NC1(c2ccc(Cl)cc2F)CCCc2ccccc21. The predicted molar refractivity (Wildman–Crippen MR) is 75.8 cm³/mol. The maximum Gasteiger partial charge on any atom is 0.130 e. The second-order valence-electron chi connectivity index (χ2n) is 5.11. The van der Waals surface area contributed by atoms with Gasteiger partial charge in [-0.2, -0.15) is 0 Å². The summed E-state index contributed by atoms with van der Waals surface area (Å²) in [7, 11) is 0. The Labute approximate surface area is 117 Å². The summed E-state index contributed by atoms with van der Waals surface area (Å²) in [5.74, 6) is -0.327. The lowest BCUT2D eigenvalue weighted by molar-refractivity contribution is 0.421. The highest BCUT2D eigenvalue weighted by atomic mass is 35.5. The quantitative estimate of drug-likeness (QED) is 0.836. The Hall–Kier alpha value is -1.38. The van der Waals surface area contributed by atoms with Crippen molar-refractivity contribution in [1.82, 2.24) is 0 Å². The number of aryl methyl sites for hydroxylation is 1. The van der Waals surface area contributed by atoms with Crippen LogP contribution in [0, 0.1) is 5.82 Å². The molecule has 2 aromatic carbocycles. The van der Waals surface area contributed by atoms with Crippen LogP contribution < -0.4 is 5.73 Å². The molecule has 0 bridgehead atoms. The molecule has 0 aromatic heterocycles. The van der Waals surface area contributed by atoms with E-state index in [-0.39, 0.29) is 5.82 Å². The third-order valence-electron chi connectivity index (χ3n) is 3.93. The lowest BCUT2D eigenvalue weighted by atomic mass is 9.73. The number of nitrogens with two attached hydrogens (primary N) is 1. The van der Waals surface area contributed by atoms with E-state index in [0.29, 0.717) is 10.6 Å². The largest absolute Gasteiger partial charge is 0.318 e. The second kappa shape index (κ2) is 4.62. The van der Waals surface area contributed by atoms with Crippen LogP contribution >= 0.6 is 11.6 Å². The molecule has 1 aliphatic carbocycles. The highest BCUT2D eigenvalue weighted by molar-refractivity contribution is 6.30. The fraction of sp³-hybridized carbons (Fsp3) is 0.250. The van der Waals surface area contributed by atoms with Crippen LogP contribution in [-0.2, 0) is 12.0 Å². The number of fused-ring (bicyclic) bond motifs is 1. The zero-order chi connectivity index (χ0) is 13.5. The lowest BCUT2D eigenvalue weighted by Gasteiger charge is -2.36. The molecule has 0 radical (unpaired) electrons. The molecule has 0 saturated carbocycles. The maximum atomic E-state index is 14.2. The van der Waals surface area contributed by atoms with Gasteiger partial charge < -0.3 is 5.73 Å². The van der Waals surface area contributed by atoms with Crippen LogP contribution in [0.4, 0.5) is 4.39 Å². The highest BCUT2D eigenvalue weighted by Crippen LogP contribution is 2.39. The van der Waals surface area contributed by atoms with Gasteiger partial charge in [-0.15, -0.1) is 0 Å². The van der Waals surface area contributed by atoms with Crippen molar-refractivity contribution >= 4 is 11.6 Å². The third kappa shape index (κ3) is 2.05. The van der Waals surface area contributed by atoms with Crippen molar-refractivity contribution in [1.29, 1.82) is 0 Å². The van der Waals surface area contributed by atoms with E-state index >= 15 is 0 Å². The average Bonchev–Trinajstić information content (AvgIpc) is 2.39. The molecule has 3 heteroatoms. The number of hydrogen-bond donors (Lipinski definition) is 1. The Kier molecular flexibility index (Phi) is 3.08. The van der Waals surface area contributed by atoms with Gasteiger partial charge in [0, 0.05) is 10.6 Å². The molecular formula is C16H15ClFN. The Morgan fingerprint density at radius 3 is 2.68 bits per heavy atom. The van der Waals surface area contributed by atoms with E-state index in [4.69, 9.17) is 17.3 Å². The molecule has 0 amide bonds. The van der Waals surface area contributed by atoms with Gasteiger partial charge in [-0.05, 0) is 42.5 Å². The van der Waals surface area contributed by atoms with Crippen LogP contribution in [-0.4, -0.2) is 0 Å². The van der Waals surface area contributed by atoms with E-state index in [1.165, 1.54) is 11.6 Å². The average molecular weight is 276 g/mol. The van der Waals surface area contributed by atoms with Gasteiger partial charge in [0.1, 0.15) is 5.82 Å². The molecule has 19 heavy (non-hydrogen) atoms. The van der Waals surface area contributed by atoms with Crippen LogP contribution in [0.2, 0.25) is 5.02 Å². The topological polar surface area (TPSA) is 26.0 Å². The Morgan fingerprint density at radius 2 is 1.89 bits per heavy atom. The van der Waals surface area contributed by atoms with Crippen molar-refractivity contribution in [2.24, 2.45) is 5.73 Å². The van der Waals surface area contributed by atoms with E-state index in [9.17, 15) is 4.39 Å². The molecule has 3 rings (SSSR count). The summed E-state index contributed by atoms with van der Waals surface area (Å²) in [6, 6.07) is 12.8. The molecule has 0 fully saturated rings. The van der Waals surface area contributed by atoms with Gasteiger partial charge in [0.25, 0.3) is 0 Å². The first-order chi connectivity index (χ1) is 9.11. The minimum Gasteiger partial charge on any atom is -0.318 e. The summed E-state index contributed by atoms with van der Waals surface area (Å²) in [6.45, 7) is 0. The second-order valence-corrected chi connectivity index (χ2v) is 5.54. The van der Waals surface area contributed by atoms with Gasteiger partial charge in [0.2, 0.25) is 0 Å². The van der Waals surface area contributed by atoms with E-state index in [1.807, 2.05) is 18.2 Å². The normalized spacial score (nSPS) is 22.1. The molecular weight excluding hydrogens is 261 g/mol. The molecule has 0 spiro atoms. The molecule has 2 N–H and O–H groups in total. The van der Waals surface area contributed by atoms with Crippen molar-refractivity contribution < 1.29 is 4.39 Å². The third-order valence-corrected chi connectivity index (χ3v) is 4.16. The molecule has 1 aliphatic rings. The molecule has 2 aromatic rings. The van der Waals surface area contributed by atoms with Crippen molar-refractivity contribution in [2.75, 3.05) is 0 Å². The highest BCUT2D eigenvalue weighted by Gasteiger charge is 2.36. The van der Waals surface area contributed by atoms with Crippen molar-refractivity contribution in [2.45, 2.75) is 24.8 Å². The van der Waals surface area contributed by atoms with Gasteiger partial charge in [0.15, 0.2) is 0 Å². The first-order valence-corrected chi connectivity index (χ1v) is 6.82. The molecule has 0 heterocycles. The predicted octanol–water partition coefficient (Wildman–Crippen LogP) is 4.02. The number of hydrogen-bond acceptors (Lipinski definition) is 1. The van der Waals surface area contributed by atoms with E-state index in [0.717, 1.165) is 24.8 Å². The molecule has 0 aliphatic heterocycles. The summed E-state index contributed by atoms with van der Waals surface area (Å²) < 4.78 is 14.2. The van der Waals surface area contributed by atoms with Gasteiger partial charge in [0.05, 0.1) is 5.54 Å². The molecule has 1 nitrogen and oxygen atoms in total. The summed E-state index contributed by atoms with van der Waals surface area (Å²) >= 11 is 5.82. The first kappa shape index (κ1) is 12.6. The Balaban J connectivity index is 2.19. The molecule has 1 unspecified atom stereocenters. The monoisotopic (exact) mass is 275 g/mol. The van der Waals surface area contributed by atoms with Gasteiger partial charge in [-0.3, -0.25) is 0 Å². The van der Waals surface area contributed by atoms with Crippen LogP contribution in [0.1, 0.15) is 29.5 Å². The Bertz CT molecular complexity index is 626. The summed E-state index contributed by atoms with van der Waals surface area (Å²) in [4.78, 5) is 0. The minimum atomic E-state index is -0.747. The summed E-state index contributed by atoms with van der Waals surface area (Å²) in [5, 5.41) is 0.397. The van der Waals surface area contributed by atoms with Gasteiger partial charge in [-0.1, -0.05) is 41.9 Å². The number of rotatable bonds is 1. The van der Waals surface area contributed by atoms with Crippen LogP contribution in [0.3, 0.4) is 0 Å². The van der Waals surface area contributed by atoms with Crippen LogP contribution in [0.5, 0.6) is 0 Å². The molecule has 1 atom stereocenters. The smallest absolute Gasteiger partial charge is 0.130 e. The van der Waals surface area contributed by atoms with Gasteiger partial charge in [-0.25, -0.2) is 4.39 Å². The summed E-state index contributed by atoms with van der Waals surface area (Å²) in [5.41, 5.74) is 8.59. The van der Waals surface area contributed by atoms with Crippen molar-refractivity contribution in [3.05, 3.63) is 70.0 Å². The maximum absolute atomic E-state index is 14.2. The van der Waals surface area contributed by atoms with Crippen LogP contribution in [0.25, 0.3) is 0 Å². The zero-order valence-corrected chi connectivity index (χ0v) is 11.3. The van der Waals surface area contributed by atoms with Crippen molar-refractivity contribution in [3.8, 4) is 0 Å². The van der Waals surface area contributed by atoms with E-state index < -0.39 is 5.54 Å². The van der Waals surface area contributed by atoms with Gasteiger partial charge >= 0.3 is 0 Å². The minimum absolute atomic E-state index is 0.327. The molecule has 98 valence electrons. The standard InChI is InChI=1S/C16H15ClFN/c17-12-7-8-14(15(18)10-12)16(19)9-3-5-11-4-1-2-6-13(11)16/h1-2,4,6-8,10H,3,5,9,19H2. The fourth-order valence-electron chi connectivity index (χ4n) is 3.00. The number of halogens is 2. The lowest BCUT2D eigenvalue weighted by Crippen LogP contribution is -2.41. The zero-order valence-electron chi connectivity index (χ0n) is 10.5. The van der Waals surface area contributed by atoms with E-state index in [2.05, 4.69) is 6.07 Å². The first-order valence-electron chi connectivity index (χ1n) is 6.44. The van der Waals surface area contributed by atoms with Crippen molar-refractivity contribution in [3.63, 3.8) is 0 Å². The Morgan fingerprint density at radius 1 is 1.11 bits per heavy atom.